The van der Waals surface area contributed by atoms with E-state index < -0.39 is 0 Å². The lowest BCUT2D eigenvalue weighted by Crippen LogP contribution is -2.22. The molecule has 0 aliphatic carbocycles. The number of rotatable bonds is 2. The molecule has 3 nitrogen and oxygen atoms in total. The maximum atomic E-state index is 11.1. The minimum atomic E-state index is -0.314. The summed E-state index contributed by atoms with van der Waals surface area (Å²) in [6, 6.07) is 9.90. The number of cyclic esters (lactones) is 1. The number of nitrogens with one attached hydrogen (secondary N) is 1. The van der Waals surface area contributed by atoms with Crippen LogP contribution >= 0.6 is 0 Å². The summed E-state index contributed by atoms with van der Waals surface area (Å²) >= 11 is 0. The van der Waals surface area contributed by atoms with E-state index in [-0.39, 0.29) is 18.2 Å². The van der Waals surface area contributed by atoms with Gasteiger partial charge >= 0.3 is 6.09 Å². The van der Waals surface area contributed by atoms with Crippen LogP contribution in [0.15, 0.2) is 30.3 Å². The third-order valence-electron chi connectivity index (χ3n) is 2.46. The number of carbonyl (C=O) groups excluding carboxylic acids is 1. The van der Waals surface area contributed by atoms with Gasteiger partial charge in [-0.25, -0.2) is 4.79 Å². The Morgan fingerprint density at radius 2 is 2.07 bits per heavy atom. The molecule has 0 aromatic heterocycles. The van der Waals surface area contributed by atoms with Crippen molar-refractivity contribution < 1.29 is 9.53 Å². The van der Waals surface area contributed by atoms with Crippen LogP contribution in [0.25, 0.3) is 0 Å². The summed E-state index contributed by atoms with van der Waals surface area (Å²) in [6.07, 6.45) is 0.480. The number of alkyl carbamates (subject to hydrolysis) is 1. The molecule has 0 spiro atoms. The van der Waals surface area contributed by atoms with Crippen molar-refractivity contribution >= 4 is 6.09 Å². The van der Waals surface area contributed by atoms with Crippen LogP contribution in [0.1, 0.15) is 24.9 Å². The second kappa shape index (κ2) is 3.70. The average Bonchev–Trinajstić information content (AvgIpc) is 2.61. The Hall–Kier alpha value is -1.51. The predicted molar refractivity (Wildman–Crippen MR) is 52.9 cm³/mol. The van der Waals surface area contributed by atoms with Gasteiger partial charge in [-0.15, -0.1) is 0 Å². The zero-order valence-corrected chi connectivity index (χ0v) is 8.07. The van der Waals surface area contributed by atoms with Crippen LogP contribution in [0.2, 0.25) is 0 Å². The molecule has 1 saturated heterocycles. The van der Waals surface area contributed by atoms with Crippen LogP contribution in [0.4, 0.5) is 4.79 Å². The molecule has 1 heterocycles. The fourth-order valence-electron chi connectivity index (χ4n) is 1.74. The minimum absolute atomic E-state index is 0.00806. The Labute approximate surface area is 83.1 Å². The van der Waals surface area contributed by atoms with Crippen molar-refractivity contribution in [3.8, 4) is 0 Å². The van der Waals surface area contributed by atoms with Gasteiger partial charge in [0.2, 0.25) is 0 Å². The third-order valence-corrected chi connectivity index (χ3v) is 2.46. The molecule has 1 aromatic rings. The van der Waals surface area contributed by atoms with E-state index in [0.29, 0.717) is 0 Å². The largest absolute Gasteiger partial charge is 0.444 e. The average molecular weight is 191 g/mol. The van der Waals surface area contributed by atoms with Gasteiger partial charge in [-0.1, -0.05) is 37.3 Å². The van der Waals surface area contributed by atoms with Crippen LogP contribution < -0.4 is 5.32 Å². The van der Waals surface area contributed by atoms with E-state index in [0.717, 1.165) is 12.0 Å². The summed E-state index contributed by atoms with van der Waals surface area (Å²) in [4.78, 5) is 11.1. The number of hydrogen-bond donors (Lipinski definition) is 1. The van der Waals surface area contributed by atoms with Crippen LogP contribution in [0, 0.1) is 0 Å². The fraction of sp³-hybridized carbons (Fsp3) is 0.364. The fourth-order valence-corrected chi connectivity index (χ4v) is 1.74. The van der Waals surface area contributed by atoms with Crippen molar-refractivity contribution in [1.29, 1.82) is 0 Å². The van der Waals surface area contributed by atoms with E-state index in [4.69, 9.17) is 4.74 Å². The lowest BCUT2D eigenvalue weighted by atomic mass is 10.0. The minimum Gasteiger partial charge on any atom is -0.444 e. The van der Waals surface area contributed by atoms with Crippen LogP contribution in [0.5, 0.6) is 0 Å². The van der Waals surface area contributed by atoms with E-state index in [1.165, 1.54) is 0 Å². The third kappa shape index (κ3) is 1.58. The lowest BCUT2D eigenvalue weighted by molar-refractivity contribution is 0.129. The molecule has 1 aliphatic heterocycles. The number of amides is 1. The molecule has 14 heavy (non-hydrogen) atoms. The summed E-state index contributed by atoms with van der Waals surface area (Å²) in [5.74, 6) is 0. The molecule has 0 saturated carbocycles. The zero-order chi connectivity index (χ0) is 9.97. The molecule has 3 heteroatoms. The van der Waals surface area contributed by atoms with Gasteiger partial charge in [0.05, 0.1) is 6.04 Å². The first-order chi connectivity index (χ1) is 6.81. The lowest BCUT2D eigenvalue weighted by Gasteiger charge is -2.14. The summed E-state index contributed by atoms with van der Waals surface area (Å²) in [7, 11) is 0. The molecule has 1 aromatic carbocycles. The summed E-state index contributed by atoms with van der Waals surface area (Å²) in [5.41, 5.74) is 1.10. The molecule has 1 N–H and O–H groups in total. The van der Waals surface area contributed by atoms with Gasteiger partial charge < -0.3 is 10.1 Å². The van der Waals surface area contributed by atoms with E-state index in [9.17, 15) is 4.79 Å². The van der Waals surface area contributed by atoms with Crippen molar-refractivity contribution in [2.75, 3.05) is 0 Å². The smallest absolute Gasteiger partial charge is 0.408 e. The van der Waals surface area contributed by atoms with Gasteiger partial charge in [-0.2, -0.15) is 0 Å². The molecular formula is C11H13NO2. The first kappa shape index (κ1) is 9.06. The Morgan fingerprint density at radius 3 is 2.71 bits per heavy atom. The highest BCUT2D eigenvalue weighted by Gasteiger charge is 2.33. The van der Waals surface area contributed by atoms with Crippen molar-refractivity contribution in [2.45, 2.75) is 25.5 Å². The standard InChI is InChI=1S/C11H13NO2/c1-2-9-10(12-11(13)14-9)8-6-4-3-5-7-8/h3-7,9-10H,2H2,1H3,(H,12,13)/t9-,10-/m1/s1. The van der Waals surface area contributed by atoms with Gasteiger partial charge in [0.1, 0.15) is 6.10 Å². The second-order valence-corrected chi connectivity index (χ2v) is 3.38. The van der Waals surface area contributed by atoms with E-state index in [1.807, 2.05) is 37.3 Å². The summed E-state index contributed by atoms with van der Waals surface area (Å²) in [5, 5.41) is 2.81. The number of ether oxygens (including phenoxy) is 1. The molecule has 1 amide bonds. The first-order valence-electron chi connectivity index (χ1n) is 4.83. The Bertz CT molecular complexity index is 323. The molecule has 0 bridgehead atoms. The topological polar surface area (TPSA) is 38.3 Å². The second-order valence-electron chi connectivity index (χ2n) is 3.38. The highest BCUT2D eigenvalue weighted by atomic mass is 16.6. The first-order valence-corrected chi connectivity index (χ1v) is 4.83. The summed E-state index contributed by atoms with van der Waals surface area (Å²) in [6.45, 7) is 2.01. The van der Waals surface area contributed by atoms with Gasteiger partial charge in [-0.05, 0) is 12.0 Å². The molecular weight excluding hydrogens is 178 g/mol. The van der Waals surface area contributed by atoms with E-state index >= 15 is 0 Å². The van der Waals surface area contributed by atoms with Gasteiger partial charge in [0.25, 0.3) is 0 Å². The SMILES string of the molecule is CC[C@H]1OC(=O)N[C@@H]1c1ccccc1. The molecule has 1 fully saturated rings. The zero-order valence-electron chi connectivity index (χ0n) is 8.07. The van der Waals surface area contributed by atoms with E-state index in [2.05, 4.69) is 5.32 Å². The van der Waals surface area contributed by atoms with Gasteiger partial charge in [-0.3, -0.25) is 0 Å². The molecule has 1 aliphatic rings. The molecule has 0 unspecified atom stereocenters. The molecule has 2 atom stereocenters. The monoisotopic (exact) mass is 191 g/mol. The van der Waals surface area contributed by atoms with Crippen molar-refractivity contribution in [2.24, 2.45) is 0 Å². The number of benzene rings is 1. The Balaban J connectivity index is 2.22. The predicted octanol–water partition coefficient (Wildman–Crippen LogP) is 2.25. The molecule has 0 radical (unpaired) electrons. The molecule has 2 rings (SSSR count). The molecule has 74 valence electrons. The number of carbonyl (C=O) groups is 1. The highest BCUT2D eigenvalue weighted by Crippen LogP contribution is 2.26. The van der Waals surface area contributed by atoms with E-state index in [1.54, 1.807) is 0 Å². The quantitative estimate of drug-likeness (QED) is 0.778. The van der Waals surface area contributed by atoms with Crippen LogP contribution in [-0.2, 0) is 4.74 Å². The van der Waals surface area contributed by atoms with Crippen LogP contribution in [0.3, 0.4) is 0 Å². The maximum Gasteiger partial charge on any atom is 0.408 e. The van der Waals surface area contributed by atoms with Gasteiger partial charge in [0.15, 0.2) is 0 Å². The maximum absolute atomic E-state index is 11.1. The van der Waals surface area contributed by atoms with Crippen molar-refractivity contribution in [3.63, 3.8) is 0 Å². The Morgan fingerprint density at radius 1 is 1.36 bits per heavy atom. The van der Waals surface area contributed by atoms with Crippen LogP contribution in [-0.4, -0.2) is 12.2 Å². The highest BCUT2D eigenvalue weighted by molar-refractivity contribution is 5.70. The summed E-state index contributed by atoms with van der Waals surface area (Å²) < 4.78 is 5.13. The van der Waals surface area contributed by atoms with Gasteiger partial charge in [0, 0.05) is 0 Å². The van der Waals surface area contributed by atoms with Crippen molar-refractivity contribution in [1.82, 2.24) is 5.32 Å². The number of hydrogen-bond acceptors (Lipinski definition) is 2. The normalized spacial score (nSPS) is 25.6. The Kier molecular flexibility index (Phi) is 2.39. The van der Waals surface area contributed by atoms with Crippen molar-refractivity contribution in [3.05, 3.63) is 35.9 Å².